The van der Waals surface area contributed by atoms with Crippen molar-refractivity contribution in [3.05, 3.63) is 30.2 Å². The summed E-state index contributed by atoms with van der Waals surface area (Å²) in [5.41, 5.74) is 2.29. The number of rotatable bonds is 4. The van der Waals surface area contributed by atoms with Crippen molar-refractivity contribution >= 4 is 0 Å². The van der Waals surface area contributed by atoms with Crippen LogP contribution in [0.1, 0.15) is 5.69 Å². The largest absolute Gasteiger partial charge is 0.493 e. The minimum Gasteiger partial charge on any atom is -0.493 e. The second-order valence-corrected chi connectivity index (χ2v) is 3.45. The number of aromatic amines is 1. The number of aromatic nitrogens is 2. The maximum Gasteiger partial charge on any atom is 0.161 e. The van der Waals surface area contributed by atoms with Gasteiger partial charge in [-0.15, -0.1) is 0 Å². The van der Waals surface area contributed by atoms with Crippen molar-refractivity contribution in [2.75, 3.05) is 14.2 Å². The van der Waals surface area contributed by atoms with Gasteiger partial charge in [-0.25, -0.2) is 4.98 Å². The molecule has 0 aliphatic carbocycles. The summed E-state index contributed by atoms with van der Waals surface area (Å²) in [6, 6.07) is 5.54. The number of benzene rings is 1. The third-order valence-corrected chi connectivity index (χ3v) is 2.54. The lowest BCUT2D eigenvalue weighted by atomic mass is 10.1. The number of methoxy groups -OCH3 is 2. The highest BCUT2D eigenvalue weighted by Gasteiger charge is 2.10. The molecule has 0 fully saturated rings. The molecule has 17 heavy (non-hydrogen) atoms. The highest BCUT2D eigenvalue weighted by Crippen LogP contribution is 2.32. The minimum atomic E-state index is -0.104. The van der Waals surface area contributed by atoms with Crippen LogP contribution in [0.25, 0.3) is 11.3 Å². The third-order valence-electron chi connectivity index (χ3n) is 2.54. The molecule has 0 amide bonds. The van der Waals surface area contributed by atoms with Crippen LogP contribution in [0.15, 0.2) is 24.5 Å². The SMILES string of the molecule is COc1ccc(-c2[nH]cnc2CO)cc1OC. The molecule has 0 aliphatic rings. The van der Waals surface area contributed by atoms with Gasteiger partial charge in [0.25, 0.3) is 0 Å². The Kier molecular flexibility index (Phi) is 3.30. The zero-order chi connectivity index (χ0) is 12.3. The summed E-state index contributed by atoms with van der Waals surface area (Å²) in [7, 11) is 3.18. The first-order valence-electron chi connectivity index (χ1n) is 5.15. The number of imidazole rings is 1. The molecule has 0 saturated heterocycles. The number of aliphatic hydroxyl groups is 1. The number of hydrogen-bond donors (Lipinski definition) is 2. The van der Waals surface area contributed by atoms with E-state index in [0.29, 0.717) is 17.2 Å². The molecule has 1 aromatic heterocycles. The molecule has 5 nitrogen and oxygen atoms in total. The molecule has 0 unspecified atom stereocenters. The molecule has 90 valence electrons. The van der Waals surface area contributed by atoms with E-state index in [1.807, 2.05) is 18.2 Å². The van der Waals surface area contributed by atoms with Crippen LogP contribution < -0.4 is 9.47 Å². The molecular formula is C12H14N2O3. The number of H-pyrrole nitrogens is 1. The second-order valence-electron chi connectivity index (χ2n) is 3.45. The fourth-order valence-corrected chi connectivity index (χ4v) is 1.68. The van der Waals surface area contributed by atoms with Crippen LogP contribution in [0.5, 0.6) is 11.5 Å². The normalized spacial score (nSPS) is 10.3. The molecule has 1 heterocycles. The highest BCUT2D eigenvalue weighted by molar-refractivity contribution is 5.65. The summed E-state index contributed by atoms with van der Waals surface area (Å²) in [6.07, 6.45) is 1.55. The Morgan fingerprint density at radius 3 is 2.65 bits per heavy atom. The molecule has 0 atom stereocenters. The number of nitrogens with one attached hydrogen (secondary N) is 1. The molecule has 0 saturated carbocycles. The van der Waals surface area contributed by atoms with Gasteiger partial charge in [0.1, 0.15) is 0 Å². The monoisotopic (exact) mass is 234 g/mol. The third kappa shape index (κ3) is 2.09. The van der Waals surface area contributed by atoms with Gasteiger partial charge < -0.3 is 19.6 Å². The summed E-state index contributed by atoms with van der Waals surface area (Å²) in [5.74, 6) is 1.31. The average Bonchev–Trinajstić information content (AvgIpc) is 2.86. The Morgan fingerprint density at radius 1 is 1.24 bits per heavy atom. The zero-order valence-electron chi connectivity index (χ0n) is 9.73. The van der Waals surface area contributed by atoms with Crippen molar-refractivity contribution in [1.82, 2.24) is 9.97 Å². The lowest BCUT2D eigenvalue weighted by Gasteiger charge is -2.09. The second kappa shape index (κ2) is 4.88. The quantitative estimate of drug-likeness (QED) is 0.843. The molecule has 5 heteroatoms. The topological polar surface area (TPSA) is 67.4 Å². The standard InChI is InChI=1S/C12H14N2O3/c1-16-10-4-3-8(5-11(10)17-2)12-9(6-15)13-7-14-12/h3-5,7,15H,6H2,1-2H3,(H,13,14). The smallest absolute Gasteiger partial charge is 0.161 e. The van der Waals surface area contributed by atoms with Crippen LogP contribution in [-0.2, 0) is 6.61 Å². The fraction of sp³-hybridized carbons (Fsp3) is 0.250. The van der Waals surface area contributed by atoms with Crippen molar-refractivity contribution in [3.8, 4) is 22.8 Å². The van der Waals surface area contributed by atoms with Crippen molar-refractivity contribution in [1.29, 1.82) is 0 Å². The first kappa shape index (κ1) is 11.5. The molecule has 0 spiro atoms. The Balaban J connectivity index is 2.46. The van der Waals surface area contributed by atoms with Crippen LogP contribution in [0.2, 0.25) is 0 Å². The van der Waals surface area contributed by atoms with Gasteiger partial charge in [0, 0.05) is 5.56 Å². The van der Waals surface area contributed by atoms with E-state index in [0.717, 1.165) is 11.3 Å². The van der Waals surface area contributed by atoms with E-state index in [9.17, 15) is 0 Å². The van der Waals surface area contributed by atoms with Gasteiger partial charge in [-0.3, -0.25) is 0 Å². The average molecular weight is 234 g/mol. The van der Waals surface area contributed by atoms with E-state index in [1.54, 1.807) is 20.5 Å². The van der Waals surface area contributed by atoms with Crippen LogP contribution in [-0.4, -0.2) is 29.3 Å². The fourth-order valence-electron chi connectivity index (χ4n) is 1.68. The van der Waals surface area contributed by atoms with Crippen molar-refractivity contribution in [2.24, 2.45) is 0 Å². The molecule has 0 bridgehead atoms. The lowest BCUT2D eigenvalue weighted by molar-refractivity contribution is 0.278. The Hall–Kier alpha value is -2.01. The summed E-state index contributed by atoms with van der Waals surface area (Å²) < 4.78 is 10.4. The zero-order valence-corrected chi connectivity index (χ0v) is 9.73. The van der Waals surface area contributed by atoms with E-state index in [-0.39, 0.29) is 6.61 Å². The molecule has 2 N–H and O–H groups in total. The predicted molar refractivity (Wildman–Crippen MR) is 63.1 cm³/mol. The summed E-state index contributed by atoms with van der Waals surface area (Å²) in [6.45, 7) is -0.104. The van der Waals surface area contributed by atoms with Gasteiger partial charge in [0.15, 0.2) is 11.5 Å². The van der Waals surface area contributed by atoms with E-state index in [2.05, 4.69) is 9.97 Å². The number of nitrogens with zero attached hydrogens (tertiary/aromatic N) is 1. The van der Waals surface area contributed by atoms with E-state index in [4.69, 9.17) is 14.6 Å². The van der Waals surface area contributed by atoms with Gasteiger partial charge in [-0.05, 0) is 18.2 Å². The molecule has 0 radical (unpaired) electrons. The van der Waals surface area contributed by atoms with E-state index in [1.165, 1.54) is 0 Å². The van der Waals surface area contributed by atoms with Gasteiger partial charge in [0.05, 0.1) is 38.5 Å². The van der Waals surface area contributed by atoms with Crippen LogP contribution in [0.4, 0.5) is 0 Å². The maximum absolute atomic E-state index is 9.16. The van der Waals surface area contributed by atoms with Crippen molar-refractivity contribution in [3.63, 3.8) is 0 Å². The molecular weight excluding hydrogens is 220 g/mol. The van der Waals surface area contributed by atoms with Gasteiger partial charge >= 0.3 is 0 Å². The highest BCUT2D eigenvalue weighted by atomic mass is 16.5. The van der Waals surface area contributed by atoms with E-state index >= 15 is 0 Å². The van der Waals surface area contributed by atoms with Crippen LogP contribution >= 0.6 is 0 Å². The Morgan fingerprint density at radius 2 is 2.00 bits per heavy atom. The molecule has 2 rings (SSSR count). The van der Waals surface area contributed by atoms with Crippen LogP contribution in [0, 0.1) is 0 Å². The summed E-state index contributed by atoms with van der Waals surface area (Å²) >= 11 is 0. The van der Waals surface area contributed by atoms with Crippen molar-refractivity contribution < 1.29 is 14.6 Å². The summed E-state index contributed by atoms with van der Waals surface area (Å²) in [4.78, 5) is 7.03. The molecule has 1 aromatic carbocycles. The minimum absolute atomic E-state index is 0.104. The number of hydrogen-bond acceptors (Lipinski definition) is 4. The first-order chi connectivity index (χ1) is 8.30. The van der Waals surface area contributed by atoms with Gasteiger partial charge in [-0.2, -0.15) is 0 Å². The maximum atomic E-state index is 9.16. The molecule has 0 aliphatic heterocycles. The predicted octanol–water partition coefficient (Wildman–Crippen LogP) is 1.59. The van der Waals surface area contributed by atoms with Crippen LogP contribution in [0.3, 0.4) is 0 Å². The Labute approximate surface area is 99.0 Å². The van der Waals surface area contributed by atoms with Gasteiger partial charge in [0.2, 0.25) is 0 Å². The molecule has 2 aromatic rings. The summed E-state index contributed by atoms with van der Waals surface area (Å²) in [5, 5.41) is 9.16. The van der Waals surface area contributed by atoms with Gasteiger partial charge in [-0.1, -0.05) is 0 Å². The number of aliphatic hydroxyl groups excluding tert-OH is 1. The van der Waals surface area contributed by atoms with Crippen molar-refractivity contribution in [2.45, 2.75) is 6.61 Å². The van der Waals surface area contributed by atoms with E-state index < -0.39 is 0 Å². The Bertz CT molecular complexity index is 508. The number of ether oxygens (including phenoxy) is 2. The lowest BCUT2D eigenvalue weighted by Crippen LogP contribution is -1.92. The first-order valence-corrected chi connectivity index (χ1v) is 5.15.